The Morgan fingerprint density at radius 1 is 0.185 bits per heavy atom. The van der Waals surface area contributed by atoms with Crippen LogP contribution in [0.2, 0.25) is 0 Å². The molecule has 0 saturated carbocycles. The van der Waals surface area contributed by atoms with Crippen LogP contribution in [0.3, 0.4) is 0 Å². The van der Waals surface area contributed by atoms with Gasteiger partial charge in [-0.25, -0.2) is 15.0 Å². The van der Waals surface area contributed by atoms with Crippen LogP contribution in [0.15, 0.2) is 212 Å². The Labute approximate surface area is 316 Å². The van der Waals surface area contributed by atoms with E-state index in [1.165, 1.54) is 16.7 Å². The van der Waals surface area contributed by atoms with Crippen molar-refractivity contribution in [2.45, 2.75) is 0 Å². The molecule has 254 valence electrons. The van der Waals surface area contributed by atoms with Gasteiger partial charge in [0.25, 0.3) is 0 Å². The molecule has 0 N–H and O–H groups in total. The van der Waals surface area contributed by atoms with E-state index >= 15 is 0 Å². The summed E-state index contributed by atoms with van der Waals surface area (Å²) in [5.74, 6) is 1.86. The molecule has 3 nitrogen and oxygen atoms in total. The predicted octanol–water partition coefficient (Wildman–Crippen LogP) is 13.2. The zero-order valence-electron chi connectivity index (χ0n) is 29.5. The zero-order chi connectivity index (χ0) is 36.1. The second-order valence-electron chi connectivity index (χ2n) is 13.2. The molecule has 0 unspecified atom stereocenters. The van der Waals surface area contributed by atoms with E-state index in [4.69, 9.17) is 15.0 Å². The number of nitrogens with zero attached hydrogens (tertiary/aromatic N) is 3. The van der Waals surface area contributed by atoms with Crippen molar-refractivity contribution in [3.63, 3.8) is 0 Å². The third-order valence-electron chi connectivity index (χ3n) is 9.78. The van der Waals surface area contributed by atoms with Crippen molar-refractivity contribution in [2.75, 3.05) is 0 Å². The first-order valence-electron chi connectivity index (χ1n) is 18.2. The molecule has 1 aromatic heterocycles. The van der Waals surface area contributed by atoms with E-state index in [2.05, 4.69) is 194 Å². The molecule has 0 bridgehead atoms. The molecular weight excluding hydrogens is 655 g/mol. The minimum Gasteiger partial charge on any atom is -0.208 e. The lowest BCUT2D eigenvalue weighted by atomic mass is 9.93. The second-order valence-corrected chi connectivity index (χ2v) is 13.2. The molecule has 0 aliphatic carbocycles. The van der Waals surface area contributed by atoms with Crippen LogP contribution in [0.1, 0.15) is 0 Å². The fourth-order valence-electron chi connectivity index (χ4n) is 7.03. The Kier molecular flexibility index (Phi) is 8.94. The molecule has 8 aromatic carbocycles. The molecule has 0 fully saturated rings. The largest absolute Gasteiger partial charge is 0.208 e. The highest BCUT2D eigenvalue weighted by molar-refractivity contribution is 5.87. The lowest BCUT2D eigenvalue weighted by molar-refractivity contribution is 1.07. The molecule has 54 heavy (non-hydrogen) atoms. The van der Waals surface area contributed by atoms with Crippen LogP contribution in [0.5, 0.6) is 0 Å². The average Bonchev–Trinajstić information content (AvgIpc) is 3.27. The van der Waals surface area contributed by atoms with E-state index in [1.54, 1.807) is 0 Å². The van der Waals surface area contributed by atoms with Gasteiger partial charge >= 0.3 is 0 Å². The third-order valence-corrected chi connectivity index (χ3v) is 9.78. The van der Waals surface area contributed by atoms with E-state index in [-0.39, 0.29) is 0 Å². The van der Waals surface area contributed by atoms with E-state index in [9.17, 15) is 0 Å². The maximum Gasteiger partial charge on any atom is 0.164 e. The van der Waals surface area contributed by atoms with Crippen molar-refractivity contribution in [3.05, 3.63) is 212 Å². The van der Waals surface area contributed by atoms with Gasteiger partial charge in [-0.05, 0) is 73.8 Å². The molecule has 0 spiro atoms. The maximum absolute atomic E-state index is 5.25. The van der Waals surface area contributed by atoms with Gasteiger partial charge in [0.1, 0.15) is 0 Å². The number of hydrogen-bond acceptors (Lipinski definition) is 3. The summed E-state index contributed by atoms with van der Waals surface area (Å²) < 4.78 is 0. The van der Waals surface area contributed by atoms with Gasteiger partial charge in [0, 0.05) is 16.7 Å². The lowest BCUT2D eigenvalue weighted by Gasteiger charge is -2.15. The molecule has 0 aliphatic rings. The highest BCUT2D eigenvalue weighted by Crippen LogP contribution is 2.37. The Morgan fingerprint density at radius 2 is 0.574 bits per heavy atom. The van der Waals surface area contributed by atoms with Crippen molar-refractivity contribution in [1.82, 2.24) is 15.0 Å². The van der Waals surface area contributed by atoms with E-state index in [1.807, 2.05) is 18.2 Å². The molecule has 0 radical (unpaired) electrons. The summed E-state index contributed by atoms with van der Waals surface area (Å²) in [6.07, 6.45) is 0. The van der Waals surface area contributed by atoms with Crippen molar-refractivity contribution < 1.29 is 0 Å². The van der Waals surface area contributed by atoms with Crippen LogP contribution in [0, 0.1) is 0 Å². The summed E-state index contributed by atoms with van der Waals surface area (Å²) in [7, 11) is 0. The smallest absolute Gasteiger partial charge is 0.164 e. The Hall–Kier alpha value is -7.23. The first kappa shape index (κ1) is 32.7. The average molecular weight is 690 g/mol. The Bertz CT molecular complexity index is 2670. The van der Waals surface area contributed by atoms with Crippen LogP contribution in [0.4, 0.5) is 0 Å². The second kappa shape index (κ2) is 14.8. The summed E-state index contributed by atoms with van der Waals surface area (Å²) >= 11 is 0. The molecule has 0 saturated heterocycles. The molecule has 9 aromatic rings. The molecule has 0 aliphatic heterocycles. The molecule has 1 heterocycles. The monoisotopic (exact) mass is 689 g/mol. The van der Waals surface area contributed by atoms with Gasteiger partial charge in [0.15, 0.2) is 17.5 Å². The van der Waals surface area contributed by atoms with Crippen LogP contribution in [-0.2, 0) is 0 Å². The molecule has 3 heteroatoms. The van der Waals surface area contributed by atoms with Crippen LogP contribution in [0.25, 0.3) is 89.8 Å². The van der Waals surface area contributed by atoms with Gasteiger partial charge in [-0.1, -0.05) is 194 Å². The zero-order valence-corrected chi connectivity index (χ0v) is 29.5. The van der Waals surface area contributed by atoms with Crippen molar-refractivity contribution in [3.8, 4) is 89.8 Å². The van der Waals surface area contributed by atoms with Crippen molar-refractivity contribution >= 4 is 0 Å². The first-order valence-corrected chi connectivity index (χ1v) is 18.2. The van der Waals surface area contributed by atoms with Gasteiger partial charge in [0.2, 0.25) is 0 Å². The number of rotatable bonds is 8. The maximum atomic E-state index is 5.25. The summed E-state index contributed by atoms with van der Waals surface area (Å²) in [6.45, 7) is 0. The Balaban J connectivity index is 1.21. The van der Waals surface area contributed by atoms with Crippen LogP contribution in [-0.4, -0.2) is 15.0 Å². The molecule has 9 rings (SSSR count). The number of hydrogen-bond donors (Lipinski definition) is 0. The topological polar surface area (TPSA) is 38.7 Å². The van der Waals surface area contributed by atoms with Gasteiger partial charge in [-0.2, -0.15) is 0 Å². The molecule has 0 amide bonds. The number of aromatic nitrogens is 3. The van der Waals surface area contributed by atoms with Crippen molar-refractivity contribution in [2.24, 2.45) is 0 Å². The molecule has 0 atom stereocenters. The highest BCUT2D eigenvalue weighted by atomic mass is 15.0. The van der Waals surface area contributed by atoms with E-state index in [0.29, 0.717) is 17.5 Å². The third kappa shape index (κ3) is 6.74. The fraction of sp³-hybridized carbons (Fsp3) is 0. The van der Waals surface area contributed by atoms with E-state index in [0.717, 1.165) is 55.6 Å². The molecular formula is C51H35N3. The Morgan fingerprint density at radius 3 is 1.19 bits per heavy atom. The minimum atomic E-state index is 0.618. The quantitative estimate of drug-likeness (QED) is 0.159. The van der Waals surface area contributed by atoms with Crippen LogP contribution < -0.4 is 0 Å². The fourth-order valence-corrected chi connectivity index (χ4v) is 7.03. The predicted molar refractivity (Wildman–Crippen MR) is 223 cm³/mol. The van der Waals surface area contributed by atoms with Gasteiger partial charge in [0.05, 0.1) is 0 Å². The standard InChI is InChI=1S/C51H35N3/c1-5-16-36(17-6-1)38-28-30-41(31-29-38)49-52-50(44-25-15-24-43(34-44)46-27-14-13-26-45(46)39-20-9-3-10-21-39)54-51(53-49)47-33-32-42(37-18-7-2-8-19-37)35-48(47)40-22-11-4-12-23-40/h1-35H. The summed E-state index contributed by atoms with van der Waals surface area (Å²) in [5, 5.41) is 0. The summed E-state index contributed by atoms with van der Waals surface area (Å²) in [4.78, 5) is 15.6. The highest BCUT2D eigenvalue weighted by Gasteiger charge is 2.18. The summed E-state index contributed by atoms with van der Waals surface area (Å²) in [5.41, 5.74) is 14.1. The minimum absolute atomic E-state index is 0.618. The van der Waals surface area contributed by atoms with Crippen molar-refractivity contribution in [1.29, 1.82) is 0 Å². The van der Waals surface area contributed by atoms with E-state index < -0.39 is 0 Å². The lowest BCUT2D eigenvalue weighted by Crippen LogP contribution is -2.01. The van der Waals surface area contributed by atoms with Gasteiger partial charge in [-0.15, -0.1) is 0 Å². The van der Waals surface area contributed by atoms with Gasteiger partial charge < -0.3 is 0 Å². The van der Waals surface area contributed by atoms with Gasteiger partial charge in [-0.3, -0.25) is 0 Å². The first-order chi connectivity index (χ1) is 26.8. The normalized spacial score (nSPS) is 11.0. The SMILES string of the molecule is c1ccc(-c2ccc(-c3nc(-c4cccc(-c5ccccc5-c5ccccc5)c4)nc(-c4ccc(-c5ccccc5)cc4-c4ccccc4)n3)cc2)cc1. The summed E-state index contributed by atoms with van der Waals surface area (Å²) in [6, 6.07) is 74.1. The van der Waals surface area contributed by atoms with Crippen LogP contribution >= 0.6 is 0 Å². The number of benzene rings is 8.